The summed E-state index contributed by atoms with van der Waals surface area (Å²) in [4.78, 5) is 18.3. The summed E-state index contributed by atoms with van der Waals surface area (Å²) < 4.78 is 13.1. The molecule has 29 heavy (non-hydrogen) atoms. The van der Waals surface area contributed by atoms with Gasteiger partial charge in [0.05, 0.1) is 11.3 Å². The van der Waals surface area contributed by atoms with Gasteiger partial charge in [0.15, 0.2) is 0 Å². The lowest BCUT2D eigenvalue weighted by atomic mass is 9.46. The monoisotopic (exact) mass is 400 g/mol. The smallest absolute Gasteiger partial charge is 0.264 e. The normalized spacial score (nSPS) is 38.4. The van der Waals surface area contributed by atoms with Crippen LogP contribution in [0.2, 0.25) is 0 Å². The summed E-state index contributed by atoms with van der Waals surface area (Å²) >= 11 is 0. The Labute approximate surface area is 170 Å². The Morgan fingerprint density at radius 2 is 1.97 bits per heavy atom. The van der Waals surface area contributed by atoms with Crippen LogP contribution in [0.4, 0.5) is 4.39 Å². The number of carbonyl (C=O) groups is 1. The highest BCUT2D eigenvalue weighted by Gasteiger charge is 2.59. The maximum atomic E-state index is 13.1. The molecule has 0 spiro atoms. The van der Waals surface area contributed by atoms with Crippen LogP contribution in [0, 0.1) is 23.1 Å². The standard InChI is InChI=1S/C23H29FN2O3/c1-14(22-9-16-6-17(10-22)12-23(28,11-16)13-22)25-21(27)20-8-19(26-29-20)7-15-2-4-18(24)5-3-15/h2-5,14,16-17,20,28H,6-13H2,1H3,(H,25,27). The minimum atomic E-state index is -0.607. The van der Waals surface area contributed by atoms with Crippen LogP contribution < -0.4 is 5.32 Å². The molecule has 1 aliphatic heterocycles. The van der Waals surface area contributed by atoms with Gasteiger partial charge >= 0.3 is 0 Å². The SMILES string of the molecule is CC(NC(=O)C1CC(Cc2ccc(F)cc2)=NO1)C12CC3CC(CC(O)(C3)C1)C2. The average Bonchev–Trinajstić information content (AvgIpc) is 3.10. The van der Waals surface area contributed by atoms with Crippen molar-refractivity contribution in [3.63, 3.8) is 0 Å². The van der Waals surface area contributed by atoms with Gasteiger partial charge in [-0.2, -0.15) is 0 Å². The third-order valence-corrected chi connectivity index (χ3v) is 7.70. The number of halogens is 1. The maximum Gasteiger partial charge on any atom is 0.264 e. The zero-order valence-electron chi connectivity index (χ0n) is 16.9. The number of benzene rings is 1. The number of amides is 1. The van der Waals surface area contributed by atoms with E-state index < -0.39 is 11.7 Å². The summed E-state index contributed by atoms with van der Waals surface area (Å²) in [6, 6.07) is 6.32. The van der Waals surface area contributed by atoms with Gasteiger partial charge in [-0.15, -0.1) is 0 Å². The fourth-order valence-corrected chi connectivity index (χ4v) is 6.76. The molecule has 0 aromatic heterocycles. The Morgan fingerprint density at radius 3 is 2.62 bits per heavy atom. The van der Waals surface area contributed by atoms with E-state index in [0.29, 0.717) is 24.7 Å². The summed E-state index contributed by atoms with van der Waals surface area (Å²) in [7, 11) is 0. The van der Waals surface area contributed by atoms with Crippen LogP contribution in [0.3, 0.4) is 0 Å². The molecule has 156 valence electrons. The van der Waals surface area contributed by atoms with Crippen molar-refractivity contribution in [3.8, 4) is 0 Å². The zero-order chi connectivity index (χ0) is 20.2. The Morgan fingerprint density at radius 1 is 1.28 bits per heavy atom. The van der Waals surface area contributed by atoms with Crippen LogP contribution in [-0.2, 0) is 16.1 Å². The van der Waals surface area contributed by atoms with Crippen LogP contribution in [0.15, 0.2) is 29.4 Å². The molecule has 4 fully saturated rings. The quantitative estimate of drug-likeness (QED) is 0.796. The molecule has 0 radical (unpaired) electrons. The van der Waals surface area contributed by atoms with Gasteiger partial charge in [0.2, 0.25) is 6.10 Å². The fourth-order valence-electron chi connectivity index (χ4n) is 6.76. The van der Waals surface area contributed by atoms with Crippen molar-refractivity contribution in [1.29, 1.82) is 0 Å². The first kappa shape index (κ1) is 19.0. The molecule has 4 saturated carbocycles. The van der Waals surface area contributed by atoms with E-state index >= 15 is 0 Å². The van der Waals surface area contributed by atoms with Gasteiger partial charge in [0.25, 0.3) is 5.91 Å². The molecule has 0 saturated heterocycles. The Balaban J connectivity index is 1.19. The molecule has 4 bridgehead atoms. The lowest BCUT2D eigenvalue weighted by Crippen LogP contribution is -2.62. The minimum absolute atomic E-state index is 0.00486. The van der Waals surface area contributed by atoms with Crippen LogP contribution in [-0.4, -0.2) is 34.5 Å². The second kappa shape index (κ2) is 6.79. The zero-order valence-corrected chi connectivity index (χ0v) is 16.9. The van der Waals surface area contributed by atoms with Crippen molar-refractivity contribution in [3.05, 3.63) is 35.6 Å². The van der Waals surface area contributed by atoms with Gasteiger partial charge in [-0.3, -0.25) is 4.79 Å². The summed E-state index contributed by atoms with van der Waals surface area (Å²) in [5, 5.41) is 18.3. The van der Waals surface area contributed by atoms with E-state index in [0.717, 1.165) is 43.4 Å². The van der Waals surface area contributed by atoms with Crippen LogP contribution >= 0.6 is 0 Å². The third kappa shape index (κ3) is 3.56. The highest BCUT2D eigenvalue weighted by molar-refractivity contribution is 5.94. The molecule has 2 N–H and O–H groups in total. The van der Waals surface area contributed by atoms with Crippen LogP contribution in [0.25, 0.3) is 0 Å². The summed E-state index contributed by atoms with van der Waals surface area (Å²) in [6.07, 6.45) is 6.50. The first-order chi connectivity index (χ1) is 13.8. The molecule has 5 nitrogen and oxygen atoms in total. The highest BCUT2D eigenvalue weighted by atomic mass is 19.1. The molecule has 5 aliphatic rings. The van der Waals surface area contributed by atoms with Crippen molar-refractivity contribution in [2.45, 2.75) is 76.0 Å². The first-order valence-corrected chi connectivity index (χ1v) is 10.8. The predicted octanol–water partition coefficient (Wildman–Crippen LogP) is 3.35. The van der Waals surface area contributed by atoms with Crippen LogP contribution in [0.1, 0.15) is 57.4 Å². The van der Waals surface area contributed by atoms with E-state index in [4.69, 9.17) is 4.84 Å². The topological polar surface area (TPSA) is 70.9 Å². The second-order valence-corrected chi connectivity index (χ2v) is 10.0. The molecular weight excluding hydrogens is 371 g/mol. The van der Waals surface area contributed by atoms with E-state index in [1.807, 2.05) is 0 Å². The Hall–Kier alpha value is -1.95. The van der Waals surface area contributed by atoms with E-state index in [1.54, 1.807) is 12.1 Å². The Bertz CT molecular complexity index is 823. The Kier molecular flexibility index (Phi) is 4.46. The average molecular weight is 400 g/mol. The van der Waals surface area contributed by atoms with E-state index in [2.05, 4.69) is 17.4 Å². The van der Waals surface area contributed by atoms with Crippen molar-refractivity contribution in [1.82, 2.24) is 5.32 Å². The maximum absolute atomic E-state index is 13.1. The molecule has 6 heteroatoms. The first-order valence-electron chi connectivity index (χ1n) is 10.8. The number of nitrogens with zero attached hydrogens (tertiary/aromatic N) is 1. The summed E-state index contributed by atoms with van der Waals surface area (Å²) in [5.41, 5.74) is 1.22. The third-order valence-electron chi connectivity index (χ3n) is 7.70. The van der Waals surface area contributed by atoms with E-state index in [1.165, 1.54) is 18.6 Å². The molecule has 6 rings (SSSR count). The van der Waals surface area contributed by atoms with Gasteiger partial charge in [-0.25, -0.2) is 4.39 Å². The van der Waals surface area contributed by atoms with Crippen molar-refractivity contribution < 1.29 is 19.1 Å². The van der Waals surface area contributed by atoms with Crippen LogP contribution in [0.5, 0.6) is 0 Å². The highest BCUT2D eigenvalue weighted by Crippen LogP contribution is 2.62. The van der Waals surface area contributed by atoms with Crippen molar-refractivity contribution in [2.75, 3.05) is 0 Å². The van der Waals surface area contributed by atoms with E-state index in [9.17, 15) is 14.3 Å². The molecule has 4 aliphatic carbocycles. The predicted molar refractivity (Wildman–Crippen MR) is 107 cm³/mol. The van der Waals surface area contributed by atoms with Gasteiger partial charge in [0.1, 0.15) is 5.82 Å². The van der Waals surface area contributed by atoms with Gasteiger partial charge < -0.3 is 15.3 Å². The van der Waals surface area contributed by atoms with Gasteiger partial charge in [-0.1, -0.05) is 17.3 Å². The molecule has 1 aromatic rings. The number of hydrogen-bond acceptors (Lipinski definition) is 4. The van der Waals surface area contributed by atoms with Crippen molar-refractivity contribution in [2.24, 2.45) is 22.4 Å². The lowest BCUT2D eigenvalue weighted by Gasteiger charge is -2.62. The molecule has 1 amide bonds. The fraction of sp³-hybridized carbons (Fsp3) is 0.652. The number of aliphatic hydroxyl groups is 1. The number of oxime groups is 1. The van der Waals surface area contributed by atoms with Gasteiger partial charge in [0, 0.05) is 18.9 Å². The summed E-state index contributed by atoms with van der Waals surface area (Å²) in [5.74, 6) is 0.792. The largest absolute Gasteiger partial charge is 0.390 e. The molecular formula is C23H29FN2O3. The lowest BCUT2D eigenvalue weighted by molar-refractivity contribution is -0.174. The van der Waals surface area contributed by atoms with Gasteiger partial charge in [-0.05, 0) is 80.4 Å². The molecule has 1 heterocycles. The number of hydrogen-bond donors (Lipinski definition) is 2. The summed E-state index contributed by atoms with van der Waals surface area (Å²) in [6.45, 7) is 2.09. The molecule has 4 atom stereocenters. The van der Waals surface area contributed by atoms with E-state index in [-0.39, 0.29) is 23.2 Å². The van der Waals surface area contributed by atoms with Crippen molar-refractivity contribution >= 4 is 11.6 Å². The number of carbonyl (C=O) groups excluding carboxylic acids is 1. The molecule has 4 unspecified atom stereocenters. The number of nitrogens with one attached hydrogen (secondary N) is 1. The number of rotatable bonds is 5. The second-order valence-electron chi connectivity index (χ2n) is 10.0. The minimum Gasteiger partial charge on any atom is -0.390 e. The molecule has 1 aromatic carbocycles.